The molecule has 1 aromatic carbocycles. The summed E-state index contributed by atoms with van der Waals surface area (Å²) < 4.78 is 0. The molecule has 0 aromatic heterocycles. The number of hydrogen-bond donors (Lipinski definition) is 3. The highest BCUT2D eigenvalue weighted by Gasteiger charge is 2.24. The maximum Gasteiger partial charge on any atom is 0.191 e. The topological polar surface area (TPSA) is 56.7 Å². The number of rotatable bonds is 5. The SMILES string of the molecule is CCNC(=NCc1ccccc1Cl)NCC1CCCC1O.I. The summed E-state index contributed by atoms with van der Waals surface area (Å²) >= 11 is 6.14. The van der Waals surface area contributed by atoms with Crippen LogP contribution in [0, 0.1) is 5.92 Å². The summed E-state index contributed by atoms with van der Waals surface area (Å²) in [4.78, 5) is 4.56. The van der Waals surface area contributed by atoms with Crippen molar-refractivity contribution in [2.24, 2.45) is 10.9 Å². The molecule has 1 aromatic rings. The van der Waals surface area contributed by atoms with E-state index in [0.717, 1.165) is 48.9 Å². The van der Waals surface area contributed by atoms with Crippen LogP contribution in [-0.4, -0.2) is 30.3 Å². The molecule has 22 heavy (non-hydrogen) atoms. The number of nitrogens with one attached hydrogen (secondary N) is 2. The first-order valence-electron chi connectivity index (χ1n) is 7.64. The van der Waals surface area contributed by atoms with Crippen molar-refractivity contribution in [2.75, 3.05) is 13.1 Å². The lowest BCUT2D eigenvalue weighted by atomic mass is 10.1. The Kier molecular flexibility index (Phi) is 9.12. The Hall–Kier alpha value is -0.530. The number of halogens is 2. The Balaban J connectivity index is 0.00000242. The van der Waals surface area contributed by atoms with Crippen LogP contribution in [0.25, 0.3) is 0 Å². The number of hydrogen-bond acceptors (Lipinski definition) is 2. The minimum Gasteiger partial charge on any atom is -0.393 e. The zero-order valence-corrected chi connectivity index (χ0v) is 16.0. The minimum absolute atomic E-state index is 0. The quantitative estimate of drug-likeness (QED) is 0.377. The molecular formula is C16H25ClIN3O. The Morgan fingerprint density at radius 1 is 1.32 bits per heavy atom. The van der Waals surface area contributed by atoms with Crippen LogP contribution in [0.2, 0.25) is 5.02 Å². The summed E-state index contributed by atoms with van der Waals surface area (Å²) in [6, 6.07) is 7.74. The van der Waals surface area contributed by atoms with Crippen molar-refractivity contribution in [3.8, 4) is 0 Å². The molecular weight excluding hydrogens is 413 g/mol. The molecule has 4 nitrogen and oxygen atoms in total. The van der Waals surface area contributed by atoms with E-state index in [-0.39, 0.29) is 30.1 Å². The smallest absolute Gasteiger partial charge is 0.191 e. The number of guanidine groups is 1. The van der Waals surface area contributed by atoms with Crippen LogP contribution in [0.1, 0.15) is 31.7 Å². The van der Waals surface area contributed by atoms with Gasteiger partial charge in [0.25, 0.3) is 0 Å². The fourth-order valence-electron chi connectivity index (χ4n) is 2.62. The average Bonchev–Trinajstić information content (AvgIpc) is 2.89. The molecule has 0 heterocycles. The molecule has 2 unspecified atom stereocenters. The third kappa shape index (κ3) is 5.93. The third-order valence-electron chi connectivity index (χ3n) is 3.86. The molecule has 1 aliphatic carbocycles. The van der Waals surface area contributed by atoms with Crippen molar-refractivity contribution in [1.82, 2.24) is 10.6 Å². The van der Waals surface area contributed by atoms with E-state index in [4.69, 9.17) is 11.6 Å². The molecule has 1 aliphatic rings. The van der Waals surface area contributed by atoms with E-state index in [0.29, 0.717) is 12.5 Å². The Labute approximate surface area is 154 Å². The van der Waals surface area contributed by atoms with Gasteiger partial charge < -0.3 is 15.7 Å². The standard InChI is InChI=1S/C16H24ClN3O.HI/c1-2-18-16(20-11-13-7-5-9-15(13)21)19-10-12-6-3-4-8-14(12)17;/h3-4,6,8,13,15,21H,2,5,7,9-11H2,1H3,(H2,18,19,20);1H. The summed E-state index contributed by atoms with van der Waals surface area (Å²) in [6.45, 7) is 4.15. The van der Waals surface area contributed by atoms with Gasteiger partial charge in [-0.15, -0.1) is 24.0 Å². The lowest BCUT2D eigenvalue weighted by Crippen LogP contribution is -2.41. The first kappa shape index (κ1) is 19.5. The zero-order valence-electron chi connectivity index (χ0n) is 12.9. The number of benzene rings is 1. The average molecular weight is 438 g/mol. The normalized spacial score (nSPS) is 21.3. The molecule has 2 rings (SSSR count). The monoisotopic (exact) mass is 437 g/mol. The van der Waals surface area contributed by atoms with Crippen LogP contribution >= 0.6 is 35.6 Å². The summed E-state index contributed by atoms with van der Waals surface area (Å²) in [6.07, 6.45) is 2.93. The summed E-state index contributed by atoms with van der Waals surface area (Å²) in [5, 5.41) is 17.1. The fraction of sp³-hybridized carbons (Fsp3) is 0.562. The fourth-order valence-corrected chi connectivity index (χ4v) is 2.81. The van der Waals surface area contributed by atoms with Crippen molar-refractivity contribution in [3.05, 3.63) is 34.9 Å². The molecule has 6 heteroatoms. The van der Waals surface area contributed by atoms with Crippen LogP contribution < -0.4 is 10.6 Å². The second-order valence-electron chi connectivity index (χ2n) is 5.43. The first-order valence-corrected chi connectivity index (χ1v) is 8.02. The van der Waals surface area contributed by atoms with Crippen molar-refractivity contribution in [3.63, 3.8) is 0 Å². The van der Waals surface area contributed by atoms with Crippen molar-refractivity contribution < 1.29 is 5.11 Å². The van der Waals surface area contributed by atoms with Gasteiger partial charge in [-0.1, -0.05) is 36.2 Å². The number of nitrogens with zero attached hydrogens (tertiary/aromatic N) is 1. The zero-order chi connectivity index (χ0) is 15.1. The van der Waals surface area contributed by atoms with E-state index in [1.165, 1.54) is 0 Å². The van der Waals surface area contributed by atoms with Gasteiger partial charge in [0.15, 0.2) is 5.96 Å². The predicted molar refractivity (Wildman–Crippen MR) is 103 cm³/mol. The van der Waals surface area contributed by atoms with E-state index >= 15 is 0 Å². The van der Waals surface area contributed by atoms with Crippen LogP contribution in [-0.2, 0) is 6.54 Å². The Bertz CT molecular complexity index is 484. The number of aliphatic imine (C=N–C) groups is 1. The third-order valence-corrected chi connectivity index (χ3v) is 4.23. The van der Waals surface area contributed by atoms with Gasteiger partial charge in [-0.05, 0) is 31.4 Å². The molecule has 1 saturated carbocycles. The predicted octanol–water partition coefficient (Wildman–Crippen LogP) is 3.17. The Morgan fingerprint density at radius 2 is 2.09 bits per heavy atom. The molecule has 0 amide bonds. The first-order chi connectivity index (χ1) is 10.2. The number of aliphatic hydroxyl groups is 1. The highest BCUT2D eigenvalue weighted by atomic mass is 127. The van der Waals surface area contributed by atoms with E-state index in [1.807, 2.05) is 31.2 Å². The second-order valence-corrected chi connectivity index (χ2v) is 5.83. The molecule has 0 aliphatic heterocycles. The maximum atomic E-state index is 9.86. The van der Waals surface area contributed by atoms with Crippen molar-refractivity contribution in [2.45, 2.75) is 38.8 Å². The van der Waals surface area contributed by atoms with Crippen LogP contribution in [0.5, 0.6) is 0 Å². The summed E-state index contributed by atoms with van der Waals surface area (Å²) in [7, 11) is 0. The molecule has 0 spiro atoms. The van der Waals surface area contributed by atoms with E-state index < -0.39 is 0 Å². The summed E-state index contributed by atoms with van der Waals surface area (Å²) in [5.41, 5.74) is 1.01. The molecule has 124 valence electrons. The van der Waals surface area contributed by atoms with Gasteiger partial charge in [-0.25, -0.2) is 4.99 Å². The highest BCUT2D eigenvalue weighted by molar-refractivity contribution is 14.0. The largest absolute Gasteiger partial charge is 0.393 e. The highest BCUT2D eigenvalue weighted by Crippen LogP contribution is 2.24. The van der Waals surface area contributed by atoms with E-state index in [9.17, 15) is 5.11 Å². The van der Waals surface area contributed by atoms with Crippen LogP contribution in [0.3, 0.4) is 0 Å². The van der Waals surface area contributed by atoms with Gasteiger partial charge >= 0.3 is 0 Å². The molecule has 0 bridgehead atoms. The molecule has 2 atom stereocenters. The van der Waals surface area contributed by atoms with Gasteiger partial charge in [0.1, 0.15) is 0 Å². The van der Waals surface area contributed by atoms with Crippen molar-refractivity contribution >= 4 is 41.5 Å². The van der Waals surface area contributed by atoms with Gasteiger partial charge in [0.05, 0.1) is 12.6 Å². The van der Waals surface area contributed by atoms with Crippen LogP contribution in [0.15, 0.2) is 29.3 Å². The lowest BCUT2D eigenvalue weighted by Gasteiger charge is -2.17. The van der Waals surface area contributed by atoms with Gasteiger partial charge in [-0.3, -0.25) is 0 Å². The molecule has 1 fully saturated rings. The number of aliphatic hydroxyl groups excluding tert-OH is 1. The molecule has 0 saturated heterocycles. The Morgan fingerprint density at radius 3 is 2.73 bits per heavy atom. The van der Waals surface area contributed by atoms with Crippen LogP contribution in [0.4, 0.5) is 0 Å². The van der Waals surface area contributed by atoms with Gasteiger partial charge in [-0.2, -0.15) is 0 Å². The van der Waals surface area contributed by atoms with Crippen molar-refractivity contribution in [1.29, 1.82) is 0 Å². The van der Waals surface area contributed by atoms with Gasteiger partial charge in [0, 0.05) is 24.0 Å². The lowest BCUT2D eigenvalue weighted by molar-refractivity contribution is 0.134. The minimum atomic E-state index is -0.177. The maximum absolute atomic E-state index is 9.86. The molecule has 3 N–H and O–H groups in total. The van der Waals surface area contributed by atoms with E-state index in [2.05, 4.69) is 15.6 Å². The summed E-state index contributed by atoms with van der Waals surface area (Å²) in [5.74, 6) is 1.10. The molecule has 0 radical (unpaired) electrons. The second kappa shape index (κ2) is 10.3. The van der Waals surface area contributed by atoms with Gasteiger partial charge in [0.2, 0.25) is 0 Å². The van der Waals surface area contributed by atoms with E-state index in [1.54, 1.807) is 0 Å².